The molecule has 1 aliphatic heterocycles. The molecule has 0 fully saturated rings. The molecule has 2 aromatic carbocycles. The number of phenols is 2. The molecular weight excluding hydrogens is 400 g/mol. The predicted octanol–water partition coefficient (Wildman–Crippen LogP) is 3.95. The number of ether oxygens (including phenoxy) is 2. The number of rotatable bonds is 3. The highest BCUT2D eigenvalue weighted by molar-refractivity contribution is 5.97. The summed E-state index contributed by atoms with van der Waals surface area (Å²) >= 11 is 0. The number of allylic oxidation sites excluding steroid dienone is 2. The maximum absolute atomic E-state index is 13.6. The minimum Gasteiger partial charge on any atom is -0.507 e. The second-order valence-corrected chi connectivity index (χ2v) is 8.70. The first-order valence-electron chi connectivity index (χ1n) is 10.1. The van der Waals surface area contributed by atoms with E-state index in [4.69, 9.17) is 13.9 Å². The molecule has 1 aliphatic rings. The van der Waals surface area contributed by atoms with Crippen molar-refractivity contribution in [2.75, 3.05) is 7.11 Å². The summed E-state index contributed by atoms with van der Waals surface area (Å²) in [7, 11) is 1.42. The van der Waals surface area contributed by atoms with Gasteiger partial charge in [0.25, 0.3) is 0 Å². The molecule has 0 spiro atoms. The van der Waals surface area contributed by atoms with Crippen LogP contribution in [-0.2, 0) is 12.8 Å². The fourth-order valence-corrected chi connectivity index (χ4v) is 4.02. The number of aromatic hydroxyl groups is 2. The monoisotopic (exact) mass is 426 g/mol. The summed E-state index contributed by atoms with van der Waals surface area (Å²) in [6.45, 7) is 7.36. The molecule has 0 unspecified atom stereocenters. The second-order valence-electron chi connectivity index (χ2n) is 8.70. The van der Waals surface area contributed by atoms with Crippen LogP contribution in [0.4, 0.5) is 0 Å². The van der Waals surface area contributed by atoms with E-state index >= 15 is 0 Å². The fraction of sp³-hybridized carbons (Fsp3) is 0.375. The largest absolute Gasteiger partial charge is 0.507 e. The van der Waals surface area contributed by atoms with E-state index in [-0.39, 0.29) is 45.6 Å². The molecule has 1 aromatic heterocycles. The zero-order valence-corrected chi connectivity index (χ0v) is 18.2. The number of aliphatic hydroxyl groups excluding tert-OH is 1. The molecule has 0 amide bonds. The number of benzene rings is 2. The van der Waals surface area contributed by atoms with Crippen molar-refractivity contribution in [2.24, 2.45) is 0 Å². The van der Waals surface area contributed by atoms with Gasteiger partial charge in [0.05, 0.1) is 18.6 Å². The van der Waals surface area contributed by atoms with Gasteiger partial charge in [0.2, 0.25) is 5.43 Å². The number of fused-ring (bicyclic) bond motifs is 3. The Kier molecular flexibility index (Phi) is 4.89. The van der Waals surface area contributed by atoms with Crippen LogP contribution in [0, 0.1) is 0 Å². The zero-order valence-electron chi connectivity index (χ0n) is 18.2. The van der Waals surface area contributed by atoms with Gasteiger partial charge in [-0.1, -0.05) is 11.6 Å². The topological polar surface area (TPSA) is 109 Å². The Balaban J connectivity index is 2.10. The van der Waals surface area contributed by atoms with Crippen molar-refractivity contribution in [1.29, 1.82) is 0 Å². The van der Waals surface area contributed by atoms with Gasteiger partial charge in [-0.25, -0.2) is 0 Å². The molecule has 7 nitrogen and oxygen atoms in total. The van der Waals surface area contributed by atoms with E-state index in [0.29, 0.717) is 23.3 Å². The highest BCUT2D eigenvalue weighted by atomic mass is 16.5. The maximum Gasteiger partial charge on any atom is 0.204 e. The van der Waals surface area contributed by atoms with Gasteiger partial charge in [-0.3, -0.25) is 4.79 Å². The van der Waals surface area contributed by atoms with E-state index in [9.17, 15) is 20.1 Å². The Morgan fingerprint density at radius 3 is 2.55 bits per heavy atom. The third-order valence-electron chi connectivity index (χ3n) is 5.82. The molecule has 164 valence electrons. The molecule has 3 N–H and O–H groups in total. The van der Waals surface area contributed by atoms with E-state index in [2.05, 4.69) is 0 Å². The van der Waals surface area contributed by atoms with Gasteiger partial charge in [0, 0.05) is 29.7 Å². The summed E-state index contributed by atoms with van der Waals surface area (Å²) in [5.41, 5.74) is 0.904. The van der Waals surface area contributed by atoms with Crippen molar-refractivity contribution in [3.05, 3.63) is 45.1 Å². The van der Waals surface area contributed by atoms with E-state index in [1.165, 1.54) is 13.2 Å². The first kappa shape index (κ1) is 21.1. The SMILES string of the molecule is COc1c(O)cc2oc3cc4c(c(O)c3c(=O)c2c1CC=C(C)C)C[C@H](O)C(C)(C)O4. The van der Waals surface area contributed by atoms with E-state index < -0.39 is 17.1 Å². The zero-order chi connectivity index (χ0) is 22.7. The maximum atomic E-state index is 13.6. The minimum atomic E-state index is -0.854. The summed E-state index contributed by atoms with van der Waals surface area (Å²) in [6.07, 6.45) is 1.56. The van der Waals surface area contributed by atoms with Gasteiger partial charge in [0.15, 0.2) is 11.5 Å². The lowest BCUT2D eigenvalue weighted by molar-refractivity contribution is -0.0415. The molecule has 0 radical (unpaired) electrons. The van der Waals surface area contributed by atoms with Crippen LogP contribution in [0.3, 0.4) is 0 Å². The van der Waals surface area contributed by atoms with Gasteiger partial charge >= 0.3 is 0 Å². The number of hydrogen-bond acceptors (Lipinski definition) is 7. The molecule has 0 aliphatic carbocycles. The molecule has 0 saturated carbocycles. The van der Waals surface area contributed by atoms with Crippen LogP contribution < -0.4 is 14.9 Å². The predicted molar refractivity (Wildman–Crippen MR) is 117 cm³/mol. The van der Waals surface area contributed by atoms with Crippen LogP contribution >= 0.6 is 0 Å². The summed E-state index contributed by atoms with van der Waals surface area (Å²) in [6, 6.07) is 2.89. The average molecular weight is 426 g/mol. The van der Waals surface area contributed by atoms with Crippen LogP contribution in [-0.4, -0.2) is 34.1 Å². The third kappa shape index (κ3) is 3.29. The summed E-state index contributed by atoms with van der Waals surface area (Å²) < 4.78 is 17.2. The fourth-order valence-electron chi connectivity index (χ4n) is 4.02. The lowest BCUT2D eigenvalue weighted by Crippen LogP contribution is -2.46. The van der Waals surface area contributed by atoms with Crippen LogP contribution in [0.5, 0.6) is 23.0 Å². The molecule has 7 heteroatoms. The van der Waals surface area contributed by atoms with E-state index in [1.807, 2.05) is 19.9 Å². The third-order valence-corrected chi connectivity index (χ3v) is 5.82. The Bertz CT molecular complexity index is 1290. The Morgan fingerprint density at radius 2 is 1.90 bits per heavy atom. The van der Waals surface area contributed by atoms with Gasteiger partial charge in [0.1, 0.15) is 33.7 Å². The molecular formula is C24H26O7. The Hall–Kier alpha value is -3.19. The van der Waals surface area contributed by atoms with Gasteiger partial charge < -0.3 is 29.2 Å². The molecule has 2 heterocycles. The van der Waals surface area contributed by atoms with Gasteiger partial charge in [-0.2, -0.15) is 0 Å². The number of methoxy groups -OCH3 is 1. The van der Waals surface area contributed by atoms with Crippen LogP contribution in [0.2, 0.25) is 0 Å². The standard InChI is InChI=1S/C24H26O7/c1-11(2)6-7-12-19-16(9-14(25)23(12)29-5)30-17-10-15-13(21(27)20(17)22(19)28)8-18(26)24(3,4)31-15/h6,9-10,18,25-27H,7-8H2,1-5H3/t18-/m0/s1. The quantitative estimate of drug-likeness (QED) is 0.430. The molecule has 3 aromatic rings. The van der Waals surface area contributed by atoms with Crippen molar-refractivity contribution < 1.29 is 29.2 Å². The lowest BCUT2D eigenvalue weighted by atomic mass is 9.89. The lowest BCUT2D eigenvalue weighted by Gasteiger charge is -2.37. The van der Waals surface area contributed by atoms with Crippen molar-refractivity contribution in [2.45, 2.75) is 52.2 Å². The van der Waals surface area contributed by atoms with Gasteiger partial charge in [-0.15, -0.1) is 0 Å². The molecule has 4 rings (SSSR count). The van der Waals surface area contributed by atoms with E-state index in [0.717, 1.165) is 5.57 Å². The van der Waals surface area contributed by atoms with Crippen molar-refractivity contribution >= 4 is 21.9 Å². The smallest absolute Gasteiger partial charge is 0.204 e. The normalized spacial score (nSPS) is 17.3. The first-order chi connectivity index (χ1) is 14.5. The van der Waals surface area contributed by atoms with Crippen LogP contribution in [0.15, 0.2) is 33.0 Å². The second kappa shape index (κ2) is 7.20. The summed E-state index contributed by atoms with van der Waals surface area (Å²) in [4.78, 5) is 13.6. The van der Waals surface area contributed by atoms with Gasteiger partial charge in [-0.05, 0) is 34.1 Å². The average Bonchev–Trinajstić information content (AvgIpc) is 2.67. The number of hydrogen-bond donors (Lipinski definition) is 3. The minimum absolute atomic E-state index is 0.00736. The highest BCUT2D eigenvalue weighted by Crippen LogP contribution is 2.44. The van der Waals surface area contributed by atoms with Crippen LogP contribution in [0.1, 0.15) is 38.8 Å². The Morgan fingerprint density at radius 1 is 1.23 bits per heavy atom. The molecule has 1 atom stereocenters. The Labute approximate surface area is 179 Å². The summed E-state index contributed by atoms with van der Waals surface area (Å²) in [5, 5.41) is 32.1. The van der Waals surface area contributed by atoms with E-state index in [1.54, 1.807) is 19.9 Å². The van der Waals surface area contributed by atoms with Crippen molar-refractivity contribution in [3.8, 4) is 23.0 Å². The first-order valence-corrected chi connectivity index (χ1v) is 10.1. The molecule has 0 saturated heterocycles. The van der Waals surface area contributed by atoms with Crippen molar-refractivity contribution in [1.82, 2.24) is 0 Å². The summed E-state index contributed by atoms with van der Waals surface area (Å²) in [5.74, 6) is 0.134. The number of aliphatic hydroxyl groups is 1. The highest BCUT2D eigenvalue weighted by Gasteiger charge is 2.38. The van der Waals surface area contributed by atoms with Crippen molar-refractivity contribution in [3.63, 3.8) is 0 Å². The number of phenolic OH excluding ortho intramolecular Hbond substituents is 2. The molecule has 0 bridgehead atoms. The van der Waals surface area contributed by atoms with Crippen LogP contribution in [0.25, 0.3) is 21.9 Å². The molecule has 31 heavy (non-hydrogen) atoms.